The summed E-state index contributed by atoms with van der Waals surface area (Å²) in [6.07, 6.45) is -4.45. The molecule has 0 bridgehead atoms. The van der Waals surface area contributed by atoms with E-state index in [1.807, 2.05) is 4.90 Å². The van der Waals surface area contributed by atoms with Crippen molar-refractivity contribution in [3.63, 3.8) is 0 Å². The van der Waals surface area contributed by atoms with E-state index >= 15 is 0 Å². The van der Waals surface area contributed by atoms with Crippen molar-refractivity contribution in [1.82, 2.24) is 25.4 Å². The largest absolute Gasteiger partial charge is 0.480 e. The molecule has 1 N–H and O–H groups in total. The van der Waals surface area contributed by atoms with Crippen LogP contribution in [0.1, 0.15) is 5.56 Å². The molecule has 164 valence electrons. The summed E-state index contributed by atoms with van der Waals surface area (Å²) in [5, 5.41) is 24.3. The van der Waals surface area contributed by atoms with Crippen LogP contribution in [-0.4, -0.2) is 62.6 Å². The minimum atomic E-state index is -4.45. The third-order valence-corrected chi connectivity index (χ3v) is 4.99. The number of alkyl halides is 3. The third-order valence-electron chi connectivity index (χ3n) is 4.67. The normalized spacial score (nSPS) is 14.8. The number of aromatic nitrogens is 5. The van der Waals surface area contributed by atoms with Gasteiger partial charge in [-0.15, -0.1) is 10.2 Å². The smallest absolute Gasteiger partial charge is 0.416 e. The molecule has 1 aliphatic rings. The highest BCUT2D eigenvalue weighted by molar-refractivity contribution is 6.33. The van der Waals surface area contributed by atoms with Gasteiger partial charge in [0.1, 0.15) is 0 Å². The van der Waals surface area contributed by atoms with Crippen molar-refractivity contribution in [1.29, 1.82) is 0 Å². The average Bonchev–Trinajstić information content (AvgIpc) is 3.37. The minimum Gasteiger partial charge on any atom is -0.480 e. The van der Waals surface area contributed by atoms with Gasteiger partial charge in [0.05, 0.1) is 16.3 Å². The van der Waals surface area contributed by atoms with Crippen molar-refractivity contribution in [3.8, 4) is 11.6 Å². The summed E-state index contributed by atoms with van der Waals surface area (Å²) < 4.78 is 44.3. The number of carboxylic acid groups (broad SMARTS) is 1. The van der Waals surface area contributed by atoms with Gasteiger partial charge in [-0.3, -0.25) is 4.79 Å². The lowest BCUT2D eigenvalue weighted by Gasteiger charge is -2.36. The number of carbonyl (C=O) groups is 1. The Labute approximate surface area is 177 Å². The highest BCUT2D eigenvalue weighted by Crippen LogP contribution is 2.36. The van der Waals surface area contributed by atoms with E-state index in [2.05, 4.69) is 20.6 Å². The van der Waals surface area contributed by atoms with Crippen LogP contribution in [-0.2, 0) is 17.5 Å². The van der Waals surface area contributed by atoms with Gasteiger partial charge in [0.15, 0.2) is 12.4 Å². The first-order valence-electron chi connectivity index (χ1n) is 9.04. The molecule has 0 aliphatic carbocycles. The summed E-state index contributed by atoms with van der Waals surface area (Å²) in [7, 11) is 0. The molecule has 14 heteroatoms. The van der Waals surface area contributed by atoms with Crippen molar-refractivity contribution in [2.45, 2.75) is 12.7 Å². The molecule has 4 rings (SSSR count). The Kier molecular flexibility index (Phi) is 5.43. The number of anilines is 2. The first kappa shape index (κ1) is 20.9. The van der Waals surface area contributed by atoms with Gasteiger partial charge < -0.3 is 19.4 Å². The van der Waals surface area contributed by atoms with Gasteiger partial charge in [0, 0.05) is 32.2 Å². The Morgan fingerprint density at radius 3 is 2.55 bits per heavy atom. The fraction of sp³-hybridized carbons (Fsp3) is 0.353. The molecule has 3 heterocycles. The molecular weight excluding hydrogens is 443 g/mol. The molecule has 0 saturated carbocycles. The van der Waals surface area contributed by atoms with Crippen molar-refractivity contribution >= 4 is 29.1 Å². The lowest BCUT2D eigenvalue weighted by atomic mass is 10.1. The highest BCUT2D eigenvalue weighted by atomic mass is 35.5. The van der Waals surface area contributed by atoms with Crippen LogP contribution in [0.5, 0.6) is 0 Å². The second-order valence-electron chi connectivity index (χ2n) is 6.72. The van der Waals surface area contributed by atoms with E-state index in [-0.39, 0.29) is 16.6 Å². The molecule has 31 heavy (non-hydrogen) atoms. The Balaban J connectivity index is 1.43. The Morgan fingerprint density at radius 1 is 1.16 bits per heavy atom. The highest BCUT2D eigenvalue weighted by Gasteiger charge is 2.32. The molecular formula is C17H15ClF3N7O3. The summed E-state index contributed by atoms with van der Waals surface area (Å²) in [5.41, 5.74) is -0.421. The number of halogens is 4. The lowest BCUT2D eigenvalue weighted by molar-refractivity contribution is -0.138. The van der Waals surface area contributed by atoms with Gasteiger partial charge in [-0.05, 0) is 23.4 Å². The Hall–Kier alpha value is -3.35. The number of hydrogen-bond acceptors (Lipinski definition) is 8. The van der Waals surface area contributed by atoms with Crippen LogP contribution in [0.15, 0.2) is 28.8 Å². The predicted octanol–water partition coefficient (Wildman–Crippen LogP) is 2.41. The van der Waals surface area contributed by atoms with E-state index < -0.39 is 24.3 Å². The zero-order valence-corrected chi connectivity index (χ0v) is 16.5. The average molecular weight is 458 g/mol. The molecule has 0 atom stereocenters. The van der Waals surface area contributed by atoms with Crippen LogP contribution in [0, 0.1) is 0 Å². The first-order valence-corrected chi connectivity index (χ1v) is 9.42. The second-order valence-corrected chi connectivity index (χ2v) is 7.13. The van der Waals surface area contributed by atoms with Crippen LogP contribution < -0.4 is 9.80 Å². The van der Waals surface area contributed by atoms with E-state index in [1.54, 1.807) is 11.0 Å². The van der Waals surface area contributed by atoms with Gasteiger partial charge in [0.25, 0.3) is 0 Å². The van der Waals surface area contributed by atoms with Crippen LogP contribution in [0.2, 0.25) is 5.02 Å². The fourth-order valence-corrected chi connectivity index (χ4v) is 3.39. The number of nitrogens with zero attached hydrogens (tertiary/aromatic N) is 7. The van der Waals surface area contributed by atoms with Crippen LogP contribution in [0.4, 0.5) is 24.7 Å². The summed E-state index contributed by atoms with van der Waals surface area (Å²) >= 11 is 6.13. The summed E-state index contributed by atoms with van der Waals surface area (Å²) in [6.45, 7) is 1.36. The molecule has 3 aromatic rings. The van der Waals surface area contributed by atoms with E-state index in [0.717, 1.165) is 16.9 Å². The second kappa shape index (κ2) is 8.06. The zero-order chi connectivity index (χ0) is 22.2. The molecule has 1 saturated heterocycles. The molecule has 0 unspecified atom stereocenters. The number of benzene rings is 1. The number of rotatable bonds is 5. The molecule has 2 aromatic heterocycles. The maximum absolute atomic E-state index is 13.0. The standard InChI is InChI=1S/C17H15ClF3N7O3/c18-11-2-1-10(17(19,20)21)7-12(11)26-3-5-27(6-4-26)14-8-13(31-24-14)16-22-25-28(23-16)9-15(29)30/h1-2,7-8H,3-6,9H2,(H,29,30). The SMILES string of the molecule is O=C(O)Cn1nnc(-c2cc(N3CCN(c4cc(C(F)(F)F)ccc4Cl)CC3)no2)n1. The van der Waals surface area contributed by atoms with Crippen molar-refractivity contribution in [3.05, 3.63) is 34.9 Å². The minimum absolute atomic E-state index is 0.0920. The van der Waals surface area contributed by atoms with Crippen molar-refractivity contribution in [2.24, 2.45) is 0 Å². The fourth-order valence-electron chi connectivity index (χ4n) is 3.16. The number of piperazine rings is 1. The predicted molar refractivity (Wildman–Crippen MR) is 102 cm³/mol. The molecule has 1 aromatic carbocycles. The Morgan fingerprint density at radius 2 is 1.87 bits per heavy atom. The lowest BCUT2D eigenvalue weighted by Crippen LogP contribution is -2.46. The first-order chi connectivity index (χ1) is 14.7. The van der Waals surface area contributed by atoms with Gasteiger partial charge in [-0.1, -0.05) is 16.8 Å². The number of tetrazole rings is 1. The maximum Gasteiger partial charge on any atom is 0.416 e. The third kappa shape index (κ3) is 4.55. The summed E-state index contributed by atoms with van der Waals surface area (Å²) in [6, 6.07) is 4.85. The van der Waals surface area contributed by atoms with Crippen LogP contribution >= 0.6 is 11.6 Å². The quantitative estimate of drug-likeness (QED) is 0.616. The van der Waals surface area contributed by atoms with Crippen molar-refractivity contribution < 1.29 is 27.6 Å². The van der Waals surface area contributed by atoms with E-state index in [0.29, 0.717) is 37.7 Å². The van der Waals surface area contributed by atoms with E-state index in [1.165, 1.54) is 6.07 Å². The van der Waals surface area contributed by atoms with E-state index in [9.17, 15) is 18.0 Å². The molecule has 0 spiro atoms. The molecule has 1 fully saturated rings. The molecule has 0 amide bonds. The monoisotopic (exact) mass is 457 g/mol. The van der Waals surface area contributed by atoms with Gasteiger partial charge in [-0.2, -0.15) is 18.0 Å². The number of aliphatic carboxylic acids is 1. The van der Waals surface area contributed by atoms with E-state index in [4.69, 9.17) is 21.2 Å². The molecule has 1 aliphatic heterocycles. The van der Waals surface area contributed by atoms with Crippen molar-refractivity contribution in [2.75, 3.05) is 36.0 Å². The van der Waals surface area contributed by atoms with Gasteiger partial charge >= 0.3 is 12.1 Å². The van der Waals surface area contributed by atoms with Crippen LogP contribution in [0.3, 0.4) is 0 Å². The number of hydrogen-bond donors (Lipinski definition) is 1. The zero-order valence-electron chi connectivity index (χ0n) is 15.8. The maximum atomic E-state index is 13.0. The van der Waals surface area contributed by atoms with Gasteiger partial charge in [0.2, 0.25) is 11.6 Å². The molecule has 10 nitrogen and oxygen atoms in total. The van der Waals surface area contributed by atoms with Gasteiger partial charge in [-0.25, -0.2) is 0 Å². The topological polar surface area (TPSA) is 113 Å². The van der Waals surface area contributed by atoms with Crippen LogP contribution in [0.25, 0.3) is 11.6 Å². The summed E-state index contributed by atoms with van der Waals surface area (Å²) in [4.78, 5) is 15.3. The Bertz CT molecular complexity index is 1090. The number of carboxylic acids is 1. The molecule has 0 radical (unpaired) electrons. The summed E-state index contributed by atoms with van der Waals surface area (Å²) in [5.74, 6) is -0.301.